The largest absolute Gasteiger partial charge is 0.319 e. The topological polar surface area (TPSA) is 42.7 Å². The molecule has 1 N–H and O–H groups in total. The summed E-state index contributed by atoms with van der Waals surface area (Å²) >= 11 is 12.1. The molecular formula is C14H18Cl2N4. The van der Waals surface area contributed by atoms with Gasteiger partial charge in [0.05, 0.1) is 16.1 Å². The first-order chi connectivity index (χ1) is 9.52. The molecule has 0 spiro atoms. The third-order valence-electron chi connectivity index (χ3n) is 3.34. The number of hydrogen-bond donors (Lipinski definition) is 1. The molecule has 0 radical (unpaired) electrons. The van der Waals surface area contributed by atoms with Crippen LogP contribution in [0.4, 0.5) is 0 Å². The minimum absolute atomic E-state index is 0.0990. The van der Waals surface area contributed by atoms with E-state index in [4.69, 9.17) is 23.2 Å². The summed E-state index contributed by atoms with van der Waals surface area (Å²) in [5.41, 5.74) is 1.12. The van der Waals surface area contributed by atoms with Crippen molar-refractivity contribution in [1.29, 1.82) is 0 Å². The van der Waals surface area contributed by atoms with Gasteiger partial charge < -0.3 is 9.88 Å². The Kier molecular flexibility index (Phi) is 5.02. The first kappa shape index (κ1) is 15.3. The molecule has 2 atom stereocenters. The van der Waals surface area contributed by atoms with Crippen LogP contribution in [0, 0.1) is 0 Å². The highest BCUT2D eigenvalue weighted by atomic mass is 35.5. The molecule has 0 fully saturated rings. The summed E-state index contributed by atoms with van der Waals surface area (Å²) in [6.45, 7) is 4.20. The Labute approximate surface area is 129 Å². The van der Waals surface area contributed by atoms with Gasteiger partial charge in [-0.05, 0) is 31.0 Å². The van der Waals surface area contributed by atoms with Crippen LogP contribution in [0.15, 0.2) is 24.5 Å². The zero-order chi connectivity index (χ0) is 14.7. The molecular weight excluding hydrogens is 295 g/mol. The van der Waals surface area contributed by atoms with Crippen molar-refractivity contribution in [2.24, 2.45) is 7.05 Å². The number of aryl methyl sites for hydroxylation is 1. The van der Waals surface area contributed by atoms with Crippen molar-refractivity contribution < 1.29 is 0 Å². The number of aromatic nitrogens is 3. The predicted octanol–water partition coefficient (Wildman–Crippen LogP) is 3.92. The molecule has 0 bridgehead atoms. The zero-order valence-electron chi connectivity index (χ0n) is 11.8. The van der Waals surface area contributed by atoms with Gasteiger partial charge in [0.1, 0.15) is 12.2 Å². The zero-order valence-corrected chi connectivity index (χ0v) is 13.3. The predicted molar refractivity (Wildman–Crippen MR) is 82.0 cm³/mol. The van der Waals surface area contributed by atoms with Gasteiger partial charge >= 0.3 is 0 Å². The second-order valence-electron chi connectivity index (χ2n) is 4.82. The molecule has 0 aliphatic heterocycles. The fraction of sp³-hybridized carbons (Fsp3) is 0.429. The summed E-state index contributed by atoms with van der Waals surface area (Å²) in [6, 6.07) is 6.03. The van der Waals surface area contributed by atoms with E-state index in [9.17, 15) is 0 Å². The van der Waals surface area contributed by atoms with Gasteiger partial charge in [-0.1, -0.05) is 36.2 Å². The Balaban J connectivity index is 2.16. The number of rotatable bonds is 5. The molecule has 2 aromatic rings. The Bertz CT molecular complexity index is 582. The van der Waals surface area contributed by atoms with Crippen LogP contribution in [0.5, 0.6) is 0 Å². The van der Waals surface area contributed by atoms with Crippen LogP contribution in [-0.4, -0.2) is 14.8 Å². The van der Waals surface area contributed by atoms with E-state index in [-0.39, 0.29) is 12.1 Å². The smallest absolute Gasteiger partial charge is 0.149 e. The number of nitrogens with one attached hydrogen (secondary N) is 1. The van der Waals surface area contributed by atoms with E-state index >= 15 is 0 Å². The van der Waals surface area contributed by atoms with E-state index in [0.717, 1.165) is 17.8 Å². The molecule has 0 saturated carbocycles. The summed E-state index contributed by atoms with van der Waals surface area (Å²) < 4.78 is 1.92. The van der Waals surface area contributed by atoms with Gasteiger partial charge in [-0.25, -0.2) is 0 Å². The fourth-order valence-electron chi connectivity index (χ4n) is 2.24. The van der Waals surface area contributed by atoms with Crippen LogP contribution in [0.3, 0.4) is 0 Å². The average molecular weight is 313 g/mol. The highest BCUT2D eigenvalue weighted by molar-refractivity contribution is 6.42. The Morgan fingerprint density at radius 2 is 2.05 bits per heavy atom. The van der Waals surface area contributed by atoms with E-state index < -0.39 is 0 Å². The molecule has 0 aliphatic rings. The minimum Gasteiger partial charge on any atom is -0.319 e. The lowest BCUT2D eigenvalue weighted by molar-refractivity contribution is 0.434. The maximum Gasteiger partial charge on any atom is 0.149 e. The molecule has 2 unspecified atom stereocenters. The van der Waals surface area contributed by atoms with Crippen molar-refractivity contribution in [1.82, 2.24) is 20.1 Å². The first-order valence-corrected chi connectivity index (χ1v) is 7.33. The van der Waals surface area contributed by atoms with Gasteiger partial charge in [-0.3, -0.25) is 0 Å². The SMILES string of the molecule is CCC(NC(C)c1nncn1C)c1ccc(Cl)c(Cl)c1. The number of halogens is 2. The van der Waals surface area contributed by atoms with Crippen LogP contribution in [0.2, 0.25) is 10.0 Å². The maximum atomic E-state index is 6.09. The Morgan fingerprint density at radius 1 is 1.30 bits per heavy atom. The number of benzene rings is 1. The Morgan fingerprint density at radius 3 is 2.60 bits per heavy atom. The molecule has 1 aromatic carbocycles. The van der Waals surface area contributed by atoms with Crippen molar-refractivity contribution in [3.05, 3.63) is 46.0 Å². The lowest BCUT2D eigenvalue weighted by atomic mass is 10.0. The normalized spacial score (nSPS) is 14.2. The van der Waals surface area contributed by atoms with Crippen LogP contribution < -0.4 is 5.32 Å². The second-order valence-corrected chi connectivity index (χ2v) is 5.64. The van der Waals surface area contributed by atoms with Crippen molar-refractivity contribution in [2.45, 2.75) is 32.4 Å². The van der Waals surface area contributed by atoms with Crippen molar-refractivity contribution in [3.63, 3.8) is 0 Å². The molecule has 20 heavy (non-hydrogen) atoms. The molecule has 4 nitrogen and oxygen atoms in total. The van der Waals surface area contributed by atoms with Gasteiger partial charge in [0.25, 0.3) is 0 Å². The van der Waals surface area contributed by atoms with Gasteiger partial charge in [-0.2, -0.15) is 0 Å². The van der Waals surface area contributed by atoms with Gasteiger partial charge in [-0.15, -0.1) is 10.2 Å². The Hall–Kier alpha value is -1.10. The molecule has 0 aliphatic carbocycles. The van der Waals surface area contributed by atoms with Gasteiger partial charge in [0, 0.05) is 13.1 Å². The van der Waals surface area contributed by atoms with E-state index in [1.807, 2.05) is 29.8 Å². The summed E-state index contributed by atoms with van der Waals surface area (Å²) in [4.78, 5) is 0. The summed E-state index contributed by atoms with van der Waals surface area (Å²) in [7, 11) is 1.94. The maximum absolute atomic E-state index is 6.09. The fourth-order valence-corrected chi connectivity index (χ4v) is 2.55. The highest BCUT2D eigenvalue weighted by Crippen LogP contribution is 2.28. The third kappa shape index (κ3) is 3.32. The van der Waals surface area contributed by atoms with Crippen LogP contribution in [0.25, 0.3) is 0 Å². The van der Waals surface area contributed by atoms with Crippen molar-refractivity contribution in [3.8, 4) is 0 Å². The van der Waals surface area contributed by atoms with Gasteiger partial charge in [0.2, 0.25) is 0 Å². The number of nitrogens with zero attached hydrogens (tertiary/aromatic N) is 3. The first-order valence-electron chi connectivity index (χ1n) is 6.57. The summed E-state index contributed by atoms with van der Waals surface area (Å²) in [5.74, 6) is 0.906. The van der Waals surface area contributed by atoms with E-state index in [2.05, 4.69) is 29.4 Å². The lowest BCUT2D eigenvalue weighted by Gasteiger charge is -2.22. The third-order valence-corrected chi connectivity index (χ3v) is 4.08. The van der Waals surface area contributed by atoms with Crippen molar-refractivity contribution >= 4 is 23.2 Å². The van der Waals surface area contributed by atoms with E-state index in [0.29, 0.717) is 10.0 Å². The van der Waals surface area contributed by atoms with Crippen LogP contribution in [0.1, 0.15) is 43.7 Å². The quantitative estimate of drug-likeness (QED) is 0.909. The molecule has 2 rings (SSSR count). The van der Waals surface area contributed by atoms with Crippen LogP contribution in [-0.2, 0) is 7.05 Å². The molecule has 1 aromatic heterocycles. The monoisotopic (exact) mass is 312 g/mol. The molecule has 0 amide bonds. The van der Waals surface area contributed by atoms with Crippen molar-refractivity contribution in [2.75, 3.05) is 0 Å². The molecule has 108 valence electrons. The number of hydrogen-bond acceptors (Lipinski definition) is 3. The molecule has 1 heterocycles. The second kappa shape index (κ2) is 6.57. The highest BCUT2D eigenvalue weighted by Gasteiger charge is 2.17. The lowest BCUT2D eigenvalue weighted by Crippen LogP contribution is -2.26. The van der Waals surface area contributed by atoms with Crippen LogP contribution >= 0.6 is 23.2 Å². The van der Waals surface area contributed by atoms with E-state index in [1.54, 1.807) is 6.33 Å². The standard InChI is InChI=1S/C14H18Cl2N4/c1-4-13(10-5-6-11(15)12(16)7-10)18-9(2)14-19-17-8-20(14)3/h5-9,13,18H,4H2,1-3H3. The summed E-state index contributed by atoms with van der Waals surface area (Å²) in [5, 5.41) is 12.7. The molecule has 0 saturated heterocycles. The minimum atomic E-state index is 0.0990. The summed E-state index contributed by atoms with van der Waals surface area (Å²) in [6.07, 6.45) is 2.65. The van der Waals surface area contributed by atoms with E-state index in [1.165, 1.54) is 0 Å². The average Bonchev–Trinajstić information content (AvgIpc) is 2.85. The van der Waals surface area contributed by atoms with Gasteiger partial charge in [0.15, 0.2) is 0 Å². The molecule has 6 heteroatoms.